The first-order chi connectivity index (χ1) is 8.54. The van der Waals surface area contributed by atoms with Gasteiger partial charge < -0.3 is 15.7 Å². The molecule has 0 atom stereocenters. The number of benzene rings is 1. The molecule has 0 spiro atoms. The van der Waals surface area contributed by atoms with E-state index in [4.69, 9.17) is 16.2 Å². The molecule has 0 unspecified atom stereocenters. The van der Waals surface area contributed by atoms with E-state index in [9.17, 15) is 4.79 Å². The molecule has 1 rings (SSSR count). The van der Waals surface area contributed by atoms with E-state index < -0.39 is 6.09 Å². The van der Waals surface area contributed by atoms with Crippen LogP contribution in [0, 0.1) is 5.41 Å². The Hall–Kier alpha value is -2.04. The molecule has 0 bridgehead atoms. The number of nitrogens with two attached hydrogens (primary N) is 1. The number of amidine groups is 1. The largest absolute Gasteiger partial charge is 0.465 e. The third-order valence-corrected chi connectivity index (χ3v) is 2.66. The van der Waals surface area contributed by atoms with Crippen LogP contribution in [0.1, 0.15) is 30.9 Å². The third-order valence-electron chi connectivity index (χ3n) is 2.66. The fraction of sp³-hybridized carbons (Fsp3) is 0.385. The van der Waals surface area contributed by atoms with Gasteiger partial charge in [0.15, 0.2) is 0 Å². The molecule has 0 aliphatic carbocycles. The summed E-state index contributed by atoms with van der Waals surface area (Å²) in [6.45, 7) is 2.88. The van der Waals surface area contributed by atoms with Crippen LogP contribution in [0.4, 0.5) is 4.79 Å². The van der Waals surface area contributed by atoms with Crippen molar-refractivity contribution in [3.8, 4) is 0 Å². The van der Waals surface area contributed by atoms with Crippen LogP contribution in [-0.2, 0) is 6.54 Å². The van der Waals surface area contributed by atoms with Crippen molar-refractivity contribution in [2.24, 2.45) is 5.73 Å². The molecule has 1 aromatic rings. The van der Waals surface area contributed by atoms with Gasteiger partial charge in [0, 0.05) is 18.7 Å². The summed E-state index contributed by atoms with van der Waals surface area (Å²) in [6.07, 6.45) is 0.882. The van der Waals surface area contributed by atoms with Gasteiger partial charge in [0.1, 0.15) is 5.84 Å². The number of carbonyl (C=O) groups is 1. The molecule has 0 aliphatic rings. The number of carboxylic acid groups (broad SMARTS) is 1. The monoisotopic (exact) mass is 249 g/mol. The Morgan fingerprint density at radius 2 is 2.22 bits per heavy atom. The molecule has 0 aliphatic heterocycles. The van der Waals surface area contributed by atoms with Gasteiger partial charge in [-0.15, -0.1) is 0 Å². The van der Waals surface area contributed by atoms with Crippen molar-refractivity contribution in [3.63, 3.8) is 0 Å². The summed E-state index contributed by atoms with van der Waals surface area (Å²) >= 11 is 0. The summed E-state index contributed by atoms with van der Waals surface area (Å²) in [5.74, 6) is -0.00715. The van der Waals surface area contributed by atoms with E-state index in [2.05, 4.69) is 0 Å². The van der Waals surface area contributed by atoms with Crippen LogP contribution in [0.3, 0.4) is 0 Å². The molecule has 0 radical (unpaired) electrons. The molecule has 0 saturated heterocycles. The van der Waals surface area contributed by atoms with Crippen molar-refractivity contribution in [1.82, 2.24) is 4.90 Å². The maximum atomic E-state index is 11.1. The van der Waals surface area contributed by atoms with Crippen molar-refractivity contribution in [3.05, 3.63) is 35.4 Å². The molecule has 0 heterocycles. The van der Waals surface area contributed by atoms with Gasteiger partial charge in [-0.05, 0) is 18.1 Å². The molecule has 5 nitrogen and oxygen atoms in total. The van der Waals surface area contributed by atoms with Crippen molar-refractivity contribution < 1.29 is 9.90 Å². The first kappa shape index (κ1) is 14.0. The molecular weight excluding hydrogens is 230 g/mol. The van der Waals surface area contributed by atoms with E-state index in [0.29, 0.717) is 18.7 Å². The third kappa shape index (κ3) is 4.08. The fourth-order valence-corrected chi connectivity index (χ4v) is 1.65. The highest BCUT2D eigenvalue weighted by Crippen LogP contribution is 2.09. The highest BCUT2D eigenvalue weighted by Gasteiger charge is 2.11. The van der Waals surface area contributed by atoms with E-state index in [1.165, 1.54) is 4.90 Å². The van der Waals surface area contributed by atoms with Gasteiger partial charge in [-0.1, -0.05) is 31.5 Å². The normalized spacial score (nSPS) is 10.1. The number of amides is 1. The van der Waals surface area contributed by atoms with Crippen LogP contribution in [-0.4, -0.2) is 28.5 Å². The summed E-state index contributed by atoms with van der Waals surface area (Å²) in [5.41, 5.74) is 6.87. The van der Waals surface area contributed by atoms with Crippen molar-refractivity contribution >= 4 is 11.9 Å². The lowest BCUT2D eigenvalue weighted by Gasteiger charge is -2.19. The minimum atomic E-state index is -0.920. The second-order valence-electron chi connectivity index (χ2n) is 4.17. The number of unbranched alkanes of at least 4 members (excludes halogenated alkanes) is 1. The van der Waals surface area contributed by atoms with Gasteiger partial charge in [-0.25, -0.2) is 4.79 Å². The number of nitrogens with zero attached hydrogens (tertiary/aromatic N) is 1. The number of hydrogen-bond donors (Lipinski definition) is 3. The predicted molar refractivity (Wildman–Crippen MR) is 70.8 cm³/mol. The minimum Gasteiger partial charge on any atom is -0.465 e. The maximum absolute atomic E-state index is 11.1. The Balaban J connectivity index is 2.77. The van der Waals surface area contributed by atoms with Gasteiger partial charge >= 0.3 is 6.09 Å². The van der Waals surface area contributed by atoms with E-state index >= 15 is 0 Å². The second-order valence-corrected chi connectivity index (χ2v) is 4.17. The van der Waals surface area contributed by atoms with Crippen molar-refractivity contribution in [2.45, 2.75) is 26.3 Å². The Morgan fingerprint density at radius 1 is 1.50 bits per heavy atom. The Labute approximate surface area is 107 Å². The van der Waals surface area contributed by atoms with Gasteiger partial charge in [0.25, 0.3) is 0 Å². The molecule has 0 saturated carbocycles. The van der Waals surface area contributed by atoms with Crippen LogP contribution in [0.15, 0.2) is 24.3 Å². The molecule has 98 valence electrons. The highest BCUT2D eigenvalue weighted by atomic mass is 16.4. The molecule has 18 heavy (non-hydrogen) atoms. The molecule has 1 amide bonds. The van der Waals surface area contributed by atoms with Crippen molar-refractivity contribution in [1.29, 1.82) is 5.41 Å². The van der Waals surface area contributed by atoms with E-state index in [1.54, 1.807) is 18.2 Å². The summed E-state index contributed by atoms with van der Waals surface area (Å²) in [4.78, 5) is 12.5. The molecule has 0 aromatic heterocycles. The lowest BCUT2D eigenvalue weighted by atomic mass is 10.1. The Kier molecular flexibility index (Phi) is 5.17. The van der Waals surface area contributed by atoms with E-state index in [-0.39, 0.29) is 5.84 Å². The number of nitrogens with one attached hydrogen (secondary N) is 1. The summed E-state index contributed by atoms with van der Waals surface area (Å²) in [5, 5.41) is 16.5. The topological polar surface area (TPSA) is 90.4 Å². The smallest absolute Gasteiger partial charge is 0.407 e. The zero-order valence-corrected chi connectivity index (χ0v) is 10.5. The summed E-state index contributed by atoms with van der Waals surface area (Å²) in [6, 6.07) is 7.12. The zero-order chi connectivity index (χ0) is 13.5. The average molecular weight is 249 g/mol. The lowest BCUT2D eigenvalue weighted by molar-refractivity contribution is 0.141. The SMILES string of the molecule is CCCCN(Cc1cccc(C(=N)N)c1)C(=O)O. The molecule has 0 fully saturated rings. The Morgan fingerprint density at radius 3 is 2.78 bits per heavy atom. The van der Waals surface area contributed by atoms with Crippen LogP contribution in [0.5, 0.6) is 0 Å². The zero-order valence-electron chi connectivity index (χ0n) is 10.5. The van der Waals surface area contributed by atoms with Crippen LogP contribution >= 0.6 is 0 Å². The number of hydrogen-bond acceptors (Lipinski definition) is 2. The van der Waals surface area contributed by atoms with Gasteiger partial charge in [-0.3, -0.25) is 5.41 Å². The van der Waals surface area contributed by atoms with Gasteiger partial charge in [-0.2, -0.15) is 0 Å². The second kappa shape index (κ2) is 6.64. The van der Waals surface area contributed by atoms with E-state index in [0.717, 1.165) is 18.4 Å². The number of rotatable bonds is 6. The van der Waals surface area contributed by atoms with Gasteiger partial charge in [0.05, 0.1) is 0 Å². The molecule has 1 aromatic carbocycles. The van der Waals surface area contributed by atoms with Gasteiger partial charge in [0.2, 0.25) is 0 Å². The molecular formula is C13H19N3O2. The summed E-state index contributed by atoms with van der Waals surface area (Å²) < 4.78 is 0. The highest BCUT2D eigenvalue weighted by molar-refractivity contribution is 5.95. The van der Waals surface area contributed by atoms with Crippen LogP contribution in [0.2, 0.25) is 0 Å². The average Bonchev–Trinajstić information content (AvgIpc) is 2.34. The maximum Gasteiger partial charge on any atom is 0.407 e. The first-order valence-electron chi connectivity index (χ1n) is 5.95. The van der Waals surface area contributed by atoms with Crippen molar-refractivity contribution in [2.75, 3.05) is 6.54 Å². The van der Waals surface area contributed by atoms with E-state index in [1.807, 2.05) is 13.0 Å². The fourth-order valence-electron chi connectivity index (χ4n) is 1.65. The first-order valence-corrected chi connectivity index (χ1v) is 5.95. The standard InChI is InChI=1S/C13H19N3O2/c1-2-3-7-16(13(17)18)9-10-5-4-6-11(8-10)12(14)15/h4-6,8H,2-3,7,9H2,1H3,(H3,14,15)(H,17,18). The minimum absolute atomic E-state index is 0.00715. The number of nitrogen functional groups attached to an aromatic ring is 1. The lowest BCUT2D eigenvalue weighted by Crippen LogP contribution is -2.30. The van der Waals surface area contributed by atoms with Crippen LogP contribution in [0.25, 0.3) is 0 Å². The van der Waals surface area contributed by atoms with Crippen LogP contribution < -0.4 is 5.73 Å². The summed E-state index contributed by atoms with van der Waals surface area (Å²) in [7, 11) is 0. The Bertz CT molecular complexity index is 432. The molecule has 4 N–H and O–H groups in total. The molecule has 5 heteroatoms. The predicted octanol–water partition coefficient (Wildman–Crippen LogP) is 2.25. The quantitative estimate of drug-likeness (QED) is 0.533.